The molecule has 0 atom stereocenters. The van der Waals surface area contributed by atoms with E-state index >= 15 is 0 Å². The van der Waals surface area contributed by atoms with Crippen LogP contribution in [0.5, 0.6) is 0 Å². The maximum atomic E-state index is 10.9. The molecule has 5 nitrogen and oxygen atoms in total. The SMILES string of the molecule is CSc1nn2cc(-c3cc4c([C]=O)cccc4o3)nc2s1. The monoisotopic (exact) mass is 314 g/mol. The predicted molar refractivity (Wildman–Crippen MR) is 82.6 cm³/mol. The van der Waals surface area contributed by atoms with Crippen LogP contribution in [0.3, 0.4) is 0 Å². The van der Waals surface area contributed by atoms with Crippen molar-refractivity contribution in [1.82, 2.24) is 14.6 Å². The molecule has 4 aromatic rings. The first-order chi connectivity index (χ1) is 10.3. The molecule has 1 radical (unpaired) electrons. The summed E-state index contributed by atoms with van der Waals surface area (Å²) in [6, 6.07) is 7.13. The number of thioether (sulfide) groups is 1. The van der Waals surface area contributed by atoms with E-state index < -0.39 is 0 Å². The molecule has 0 saturated carbocycles. The average Bonchev–Trinajstić information content (AvgIpc) is 3.17. The highest BCUT2D eigenvalue weighted by Gasteiger charge is 2.14. The van der Waals surface area contributed by atoms with Crippen molar-refractivity contribution in [1.29, 1.82) is 0 Å². The number of furan rings is 1. The van der Waals surface area contributed by atoms with Crippen LogP contribution >= 0.6 is 23.1 Å². The summed E-state index contributed by atoms with van der Waals surface area (Å²) < 4.78 is 8.48. The molecule has 21 heavy (non-hydrogen) atoms. The summed E-state index contributed by atoms with van der Waals surface area (Å²) in [5.41, 5.74) is 1.85. The van der Waals surface area contributed by atoms with Crippen molar-refractivity contribution >= 4 is 45.3 Å². The molecule has 0 saturated heterocycles. The molecule has 0 aliphatic rings. The topological polar surface area (TPSA) is 60.4 Å². The van der Waals surface area contributed by atoms with Crippen LogP contribution in [0.4, 0.5) is 0 Å². The highest BCUT2D eigenvalue weighted by molar-refractivity contribution is 8.00. The maximum absolute atomic E-state index is 10.9. The van der Waals surface area contributed by atoms with Gasteiger partial charge in [0, 0.05) is 10.9 Å². The van der Waals surface area contributed by atoms with Crippen molar-refractivity contribution in [2.24, 2.45) is 0 Å². The number of carbonyl (C=O) groups excluding carboxylic acids is 1. The molecule has 3 aromatic heterocycles. The number of hydrogen-bond donors (Lipinski definition) is 0. The smallest absolute Gasteiger partial charge is 0.234 e. The second kappa shape index (κ2) is 4.71. The first-order valence-electron chi connectivity index (χ1n) is 6.10. The number of benzene rings is 1. The van der Waals surface area contributed by atoms with Gasteiger partial charge in [0.25, 0.3) is 0 Å². The second-order valence-electron chi connectivity index (χ2n) is 4.36. The lowest BCUT2D eigenvalue weighted by Gasteiger charge is -1.89. The zero-order chi connectivity index (χ0) is 14.4. The molecule has 0 fully saturated rings. The van der Waals surface area contributed by atoms with Crippen molar-refractivity contribution in [3.63, 3.8) is 0 Å². The lowest BCUT2D eigenvalue weighted by Crippen LogP contribution is -1.79. The lowest BCUT2D eigenvalue weighted by molar-refractivity contribution is 0.563. The summed E-state index contributed by atoms with van der Waals surface area (Å²) in [4.78, 5) is 16.3. The average molecular weight is 314 g/mol. The van der Waals surface area contributed by atoms with Crippen molar-refractivity contribution < 1.29 is 9.21 Å². The van der Waals surface area contributed by atoms with Gasteiger partial charge in [-0.2, -0.15) is 0 Å². The highest BCUT2D eigenvalue weighted by Crippen LogP contribution is 2.30. The minimum Gasteiger partial charge on any atom is -0.454 e. The van der Waals surface area contributed by atoms with Gasteiger partial charge in [-0.1, -0.05) is 35.2 Å². The molecule has 0 aliphatic carbocycles. The van der Waals surface area contributed by atoms with E-state index in [0.29, 0.717) is 22.6 Å². The molecule has 0 N–H and O–H groups in total. The minimum absolute atomic E-state index is 0.492. The van der Waals surface area contributed by atoms with E-state index in [4.69, 9.17) is 4.42 Å². The molecular weight excluding hydrogens is 306 g/mol. The van der Waals surface area contributed by atoms with E-state index in [1.807, 2.05) is 30.9 Å². The van der Waals surface area contributed by atoms with Crippen LogP contribution in [0, 0.1) is 0 Å². The minimum atomic E-state index is 0.492. The van der Waals surface area contributed by atoms with Gasteiger partial charge in [-0.05, 0) is 18.4 Å². The number of fused-ring (bicyclic) bond motifs is 2. The van der Waals surface area contributed by atoms with Gasteiger partial charge in [-0.25, -0.2) is 9.50 Å². The van der Waals surface area contributed by atoms with Gasteiger partial charge in [0.15, 0.2) is 10.1 Å². The Morgan fingerprint density at radius 2 is 2.33 bits per heavy atom. The molecule has 0 amide bonds. The first-order valence-corrected chi connectivity index (χ1v) is 8.14. The molecule has 7 heteroatoms. The van der Waals surface area contributed by atoms with E-state index in [9.17, 15) is 4.79 Å². The number of hydrogen-bond acceptors (Lipinski definition) is 6. The van der Waals surface area contributed by atoms with Crippen LogP contribution in [0.15, 0.2) is 39.2 Å². The molecule has 0 aliphatic heterocycles. The fraction of sp³-hybridized carbons (Fsp3) is 0.0714. The van der Waals surface area contributed by atoms with Gasteiger partial charge in [0.2, 0.25) is 11.2 Å². The van der Waals surface area contributed by atoms with Crippen LogP contribution in [0.25, 0.3) is 27.4 Å². The second-order valence-corrected chi connectivity index (χ2v) is 6.36. The summed E-state index contributed by atoms with van der Waals surface area (Å²) >= 11 is 3.12. The number of nitrogens with zero attached hydrogens (tertiary/aromatic N) is 3. The van der Waals surface area contributed by atoms with Gasteiger partial charge in [0.1, 0.15) is 11.3 Å². The van der Waals surface area contributed by atoms with Crippen molar-refractivity contribution in [3.05, 3.63) is 36.0 Å². The summed E-state index contributed by atoms with van der Waals surface area (Å²) in [6.07, 6.45) is 5.73. The largest absolute Gasteiger partial charge is 0.454 e. The summed E-state index contributed by atoms with van der Waals surface area (Å²) in [6.45, 7) is 0. The van der Waals surface area contributed by atoms with Crippen LogP contribution in [-0.4, -0.2) is 27.1 Å². The van der Waals surface area contributed by atoms with Crippen molar-refractivity contribution in [2.45, 2.75) is 4.34 Å². The summed E-state index contributed by atoms with van der Waals surface area (Å²) in [5, 5.41) is 5.14. The van der Waals surface area contributed by atoms with Gasteiger partial charge in [-0.15, -0.1) is 5.10 Å². The zero-order valence-corrected chi connectivity index (χ0v) is 12.5. The van der Waals surface area contributed by atoms with E-state index in [0.717, 1.165) is 14.7 Å². The Balaban J connectivity index is 1.87. The molecule has 1 aromatic carbocycles. The molecule has 3 heterocycles. The molecule has 103 valence electrons. The van der Waals surface area contributed by atoms with E-state index in [2.05, 4.69) is 10.1 Å². The van der Waals surface area contributed by atoms with Crippen molar-refractivity contribution in [2.75, 3.05) is 6.26 Å². The Hall–Kier alpha value is -2.12. The molecular formula is C14H8N3O2S2. The molecule has 0 bridgehead atoms. The Bertz CT molecular complexity index is 936. The Labute approximate surface area is 127 Å². The normalized spacial score (nSPS) is 11.5. The maximum Gasteiger partial charge on any atom is 0.234 e. The molecule has 0 unspecified atom stereocenters. The third-order valence-corrected chi connectivity index (χ3v) is 5.02. The van der Waals surface area contributed by atoms with E-state index in [1.54, 1.807) is 28.4 Å². The van der Waals surface area contributed by atoms with Crippen LogP contribution in [0.2, 0.25) is 0 Å². The van der Waals surface area contributed by atoms with Gasteiger partial charge in [-0.3, -0.25) is 4.79 Å². The molecule has 4 rings (SSSR count). The number of aromatic nitrogens is 3. The lowest BCUT2D eigenvalue weighted by atomic mass is 10.1. The van der Waals surface area contributed by atoms with Gasteiger partial charge < -0.3 is 4.42 Å². The summed E-state index contributed by atoms with van der Waals surface area (Å²) in [5.74, 6) is 0.621. The number of imidazole rings is 1. The van der Waals surface area contributed by atoms with Crippen LogP contribution in [-0.2, 0) is 4.79 Å². The van der Waals surface area contributed by atoms with Gasteiger partial charge >= 0.3 is 0 Å². The fourth-order valence-electron chi connectivity index (χ4n) is 2.16. The van der Waals surface area contributed by atoms with Crippen LogP contribution in [0.1, 0.15) is 5.56 Å². The van der Waals surface area contributed by atoms with Crippen molar-refractivity contribution in [3.8, 4) is 11.5 Å². The Kier molecular flexibility index (Phi) is 2.83. The van der Waals surface area contributed by atoms with E-state index in [-0.39, 0.29) is 0 Å². The Morgan fingerprint density at radius 1 is 1.43 bits per heavy atom. The first kappa shape index (κ1) is 12.6. The summed E-state index contributed by atoms with van der Waals surface area (Å²) in [7, 11) is 0. The highest BCUT2D eigenvalue weighted by atomic mass is 32.2. The quantitative estimate of drug-likeness (QED) is 0.543. The number of rotatable bonds is 3. The zero-order valence-electron chi connectivity index (χ0n) is 10.9. The third-order valence-electron chi connectivity index (χ3n) is 3.12. The van der Waals surface area contributed by atoms with E-state index in [1.165, 1.54) is 11.3 Å². The third kappa shape index (κ3) is 1.97. The Morgan fingerprint density at radius 3 is 3.10 bits per heavy atom. The fourth-order valence-corrected chi connectivity index (χ4v) is 3.50. The standard InChI is InChI=1S/C14H8N3O2S2/c1-20-14-16-17-6-10(15-13(17)21-14)12-5-9-8(7-18)3-2-4-11(9)19-12/h2-6H,1H3. The van der Waals surface area contributed by atoms with Gasteiger partial charge in [0.05, 0.1) is 6.20 Å². The molecule has 0 spiro atoms. The van der Waals surface area contributed by atoms with Crippen LogP contribution < -0.4 is 0 Å². The predicted octanol–water partition coefficient (Wildman–Crippen LogP) is 3.38.